The van der Waals surface area contributed by atoms with E-state index < -0.39 is 18.1 Å². The number of thiocarbonyl (C=S) groups is 1. The van der Waals surface area contributed by atoms with Crippen LogP contribution in [0.15, 0.2) is 82.9 Å². The van der Waals surface area contributed by atoms with E-state index in [1.807, 2.05) is 30.3 Å². The molecule has 2 aromatic carbocycles. The molecule has 0 spiro atoms. The Morgan fingerprint density at radius 1 is 1.15 bits per heavy atom. The molecule has 34 heavy (non-hydrogen) atoms. The van der Waals surface area contributed by atoms with E-state index in [1.54, 1.807) is 39.0 Å². The van der Waals surface area contributed by atoms with Gasteiger partial charge in [0.1, 0.15) is 28.6 Å². The van der Waals surface area contributed by atoms with Crippen LogP contribution in [-0.2, 0) is 14.3 Å². The van der Waals surface area contributed by atoms with E-state index in [0.717, 1.165) is 11.1 Å². The van der Waals surface area contributed by atoms with E-state index in [9.17, 15) is 14.3 Å². The quantitative estimate of drug-likeness (QED) is 0.120. The molecule has 0 aliphatic carbocycles. The van der Waals surface area contributed by atoms with Gasteiger partial charge >= 0.3 is 5.97 Å². The summed E-state index contributed by atoms with van der Waals surface area (Å²) in [6, 6.07) is 14.8. The molecule has 2 N–H and O–H groups in total. The van der Waals surface area contributed by atoms with E-state index in [4.69, 9.17) is 21.7 Å². The lowest BCUT2D eigenvalue weighted by atomic mass is 9.87. The fourth-order valence-corrected chi connectivity index (χ4v) is 3.80. The number of carbonyl (C=O) groups excluding carboxylic acids is 1. The Labute approximate surface area is 204 Å². The fourth-order valence-electron chi connectivity index (χ4n) is 3.46. The van der Waals surface area contributed by atoms with Crippen molar-refractivity contribution in [1.29, 1.82) is 0 Å². The van der Waals surface area contributed by atoms with Crippen LogP contribution in [0.1, 0.15) is 37.8 Å². The molecule has 0 aromatic heterocycles. The fraction of sp³-hybridized carbons (Fsp3) is 0.269. The Balaban J connectivity index is 2.20. The summed E-state index contributed by atoms with van der Waals surface area (Å²) < 4.78 is 24.3. The number of halogens is 1. The first-order valence-corrected chi connectivity index (χ1v) is 11.1. The van der Waals surface area contributed by atoms with Crippen molar-refractivity contribution >= 4 is 29.9 Å². The first-order valence-electron chi connectivity index (χ1n) is 10.7. The summed E-state index contributed by atoms with van der Waals surface area (Å²) in [6.45, 7) is 8.47. The molecular weight excluding hydrogens is 455 g/mol. The molecule has 0 bridgehead atoms. The van der Waals surface area contributed by atoms with Crippen LogP contribution in [0.5, 0.6) is 0 Å². The molecule has 0 aliphatic rings. The highest BCUT2D eigenvalue weighted by atomic mass is 32.1. The minimum atomic E-state index is -0.847. The molecule has 2 rings (SSSR count). The average molecular weight is 485 g/mol. The number of aliphatic imine (C=N–C) groups is 1. The largest absolute Gasteiger partial charge is 0.503 e. The Kier molecular flexibility index (Phi) is 9.94. The lowest BCUT2D eigenvalue weighted by molar-refractivity contribution is -0.150. The summed E-state index contributed by atoms with van der Waals surface area (Å²) in [5.41, 5.74) is 1.72. The number of aliphatic hydroxyl groups excluding tert-OH is 1. The maximum atomic E-state index is 13.5. The van der Waals surface area contributed by atoms with Crippen molar-refractivity contribution < 1.29 is 23.8 Å². The molecule has 0 fully saturated rings. The number of allylic oxidation sites excluding steroid dienone is 1. The van der Waals surface area contributed by atoms with Gasteiger partial charge in [-0.1, -0.05) is 54.7 Å². The predicted octanol–water partition coefficient (Wildman–Crippen LogP) is 5.22. The number of hydrogen-bond donors (Lipinski definition) is 2. The monoisotopic (exact) mass is 484 g/mol. The van der Waals surface area contributed by atoms with E-state index in [0.29, 0.717) is 0 Å². The van der Waals surface area contributed by atoms with Gasteiger partial charge in [0, 0.05) is 5.92 Å². The van der Waals surface area contributed by atoms with Crippen LogP contribution in [0.3, 0.4) is 0 Å². The third-order valence-corrected chi connectivity index (χ3v) is 5.48. The summed E-state index contributed by atoms with van der Waals surface area (Å²) in [7, 11) is 1.40. The number of benzene rings is 2. The van der Waals surface area contributed by atoms with E-state index >= 15 is 0 Å². The van der Waals surface area contributed by atoms with Crippen molar-refractivity contribution in [3.63, 3.8) is 0 Å². The lowest BCUT2D eigenvalue weighted by Crippen LogP contribution is -2.41. The third-order valence-electron chi connectivity index (χ3n) is 5.17. The zero-order valence-electron chi connectivity index (χ0n) is 19.6. The number of carbonyl (C=O) groups is 1. The zero-order valence-corrected chi connectivity index (χ0v) is 20.4. The Morgan fingerprint density at radius 2 is 1.74 bits per heavy atom. The minimum Gasteiger partial charge on any atom is -0.503 e. The van der Waals surface area contributed by atoms with Gasteiger partial charge in [0.05, 0.1) is 7.11 Å². The second-order valence-corrected chi connectivity index (χ2v) is 7.90. The molecule has 6 nitrogen and oxygen atoms in total. The van der Waals surface area contributed by atoms with Gasteiger partial charge in [0.25, 0.3) is 0 Å². The third kappa shape index (κ3) is 6.74. The molecule has 0 heterocycles. The Morgan fingerprint density at radius 3 is 2.26 bits per heavy atom. The van der Waals surface area contributed by atoms with E-state index in [2.05, 4.69) is 17.0 Å². The molecule has 0 unspecified atom stereocenters. The van der Waals surface area contributed by atoms with Gasteiger partial charge < -0.3 is 19.9 Å². The molecular formula is C26H29FN2O4S. The number of esters is 1. The van der Waals surface area contributed by atoms with Crippen LogP contribution < -0.4 is 5.32 Å². The van der Waals surface area contributed by atoms with Crippen molar-refractivity contribution in [3.8, 4) is 0 Å². The van der Waals surface area contributed by atoms with Gasteiger partial charge in [-0.15, -0.1) is 0 Å². The SMILES string of the molecule is C=N/C(C(=S)N[C@@H](C)C(=O)O[C@@H](C)[C@@H](c1ccccc1)c1ccc(F)cc1)=C(O)\C(=C/C)OC. The smallest absolute Gasteiger partial charge is 0.328 e. The summed E-state index contributed by atoms with van der Waals surface area (Å²) in [5.74, 6) is -1.34. The van der Waals surface area contributed by atoms with Crippen molar-refractivity contribution in [1.82, 2.24) is 5.32 Å². The Hall–Kier alpha value is -3.52. The van der Waals surface area contributed by atoms with Gasteiger partial charge in [-0.2, -0.15) is 0 Å². The normalized spacial score (nSPS) is 14.8. The highest BCUT2D eigenvalue weighted by Crippen LogP contribution is 2.30. The van der Waals surface area contributed by atoms with Crippen LogP contribution in [0.2, 0.25) is 0 Å². The predicted molar refractivity (Wildman–Crippen MR) is 135 cm³/mol. The number of nitrogens with one attached hydrogen (secondary N) is 1. The average Bonchev–Trinajstić information content (AvgIpc) is 2.82. The van der Waals surface area contributed by atoms with Gasteiger partial charge in [0.2, 0.25) is 0 Å². The maximum Gasteiger partial charge on any atom is 0.328 e. The zero-order chi connectivity index (χ0) is 25.3. The molecule has 2 aromatic rings. The second kappa shape index (κ2) is 12.6. The highest BCUT2D eigenvalue weighted by molar-refractivity contribution is 7.80. The van der Waals surface area contributed by atoms with Crippen molar-refractivity contribution in [2.24, 2.45) is 4.99 Å². The maximum absolute atomic E-state index is 13.5. The summed E-state index contributed by atoms with van der Waals surface area (Å²) >= 11 is 5.30. The minimum absolute atomic E-state index is 0.0131. The van der Waals surface area contributed by atoms with Crippen molar-refractivity contribution in [3.05, 3.63) is 94.8 Å². The lowest BCUT2D eigenvalue weighted by Gasteiger charge is -2.27. The van der Waals surface area contributed by atoms with Crippen LogP contribution >= 0.6 is 12.2 Å². The molecule has 3 atom stereocenters. The number of nitrogens with zero attached hydrogens (tertiary/aromatic N) is 1. The number of hydrogen-bond acceptors (Lipinski definition) is 6. The standard InChI is InChI=1S/C26H29FN2O4S/c1-6-21(32-5)24(30)23(28-4)25(34)29-16(2)26(31)33-17(3)22(18-10-8-7-9-11-18)19-12-14-20(27)15-13-19/h6-17,22,30H,4H2,1-3,5H3,(H,29,34)/b21-6+,24-23+/t16-,17-,22-/m0/s1. The van der Waals surface area contributed by atoms with Crippen LogP contribution in [0.25, 0.3) is 0 Å². The highest BCUT2D eigenvalue weighted by Gasteiger charge is 2.27. The number of ether oxygens (including phenoxy) is 2. The van der Waals surface area contributed by atoms with Crippen LogP contribution in [0.4, 0.5) is 4.39 Å². The van der Waals surface area contributed by atoms with Gasteiger partial charge in [-0.25, -0.2) is 9.18 Å². The number of methoxy groups -OCH3 is 1. The molecule has 0 saturated carbocycles. The van der Waals surface area contributed by atoms with Crippen LogP contribution in [-0.4, -0.2) is 42.0 Å². The van der Waals surface area contributed by atoms with Gasteiger partial charge in [-0.3, -0.25) is 4.99 Å². The van der Waals surface area contributed by atoms with Crippen molar-refractivity contribution in [2.75, 3.05) is 7.11 Å². The first kappa shape index (κ1) is 26.7. The molecule has 0 radical (unpaired) electrons. The molecule has 0 saturated heterocycles. The topological polar surface area (TPSA) is 80.2 Å². The van der Waals surface area contributed by atoms with Gasteiger partial charge in [-0.05, 0) is 56.8 Å². The summed E-state index contributed by atoms with van der Waals surface area (Å²) in [5, 5.41) is 13.2. The second-order valence-electron chi connectivity index (χ2n) is 7.49. The Bertz CT molecular complexity index is 1070. The summed E-state index contributed by atoms with van der Waals surface area (Å²) in [6.07, 6.45) is 0.976. The molecule has 8 heteroatoms. The van der Waals surface area contributed by atoms with E-state index in [-0.39, 0.29) is 33.9 Å². The van der Waals surface area contributed by atoms with Crippen molar-refractivity contribution in [2.45, 2.75) is 38.8 Å². The summed E-state index contributed by atoms with van der Waals surface area (Å²) in [4.78, 5) is 16.7. The molecule has 0 amide bonds. The molecule has 0 aliphatic heterocycles. The number of rotatable bonds is 10. The first-order chi connectivity index (χ1) is 16.2. The van der Waals surface area contributed by atoms with Gasteiger partial charge in [0.15, 0.2) is 11.5 Å². The van der Waals surface area contributed by atoms with Crippen LogP contribution in [0, 0.1) is 5.82 Å². The van der Waals surface area contributed by atoms with E-state index in [1.165, 1.54) is 19.2 Å². The molecule has 180 valence electrons. The number of aliphatic hydroxyl groups is 1.